The first-order chi connectivity index (χ1) is 19.6. The molecule has 41 heavy (non-hydrogen) atoms. The molecule has 0 amide bonds. The molecule has 0 fully saturated rings. The van der Waals surface area contributed by atoms with Gasteiger partial charge in [-0.3, -0.25) is 15.0 Å². The monoisotopic (exact) mass is 537 g/mol. The first-order valence-electron chi connectivity index (χ1n) is 14.1. The normalized spacial score (nSPS) is 13.5. The largest absolute Gasteiger partial charge is 0.455 e. The predicted octanol–water partition coefficient (Wildman–Crippen LogP) is 6.53. The highest BCUT2D eigenvalue weighted by Crippen LogP contribution is 2.42. The number of fused-ring (bicyclic) bond motifs is 4. The van der Waals surface area contributed by atoms with Crippen molar-refractivity contribution in [2.75, 3.05) is 0 Å². The number of rotatable bonds is 2. The number of hydrogen-bond donors (Lipinski definition) is 0. The molecule has 0 N–H and O–H groups in total. The van der Waals surface area contributed by atoms with Crippen molar-refractivity contribution in [3.63, 3.8) is 0 Å². The Morgan fingerprint density at radius 3 is 1.39 bits per heavy atom. The Morgan fingerprint density at radius 1 is 0.585 bits per heavy atom. The minimum Gasteiger partial charge on any atom is -0.455 e. The molecule has 6 heteroatoms. The van der Waals surface area contributed by atoms with Crippen molar-refractivity contribution in [1.82, 2.24) is 15.0 Å². The van der Waals surface area contributed by atoms with Crippen LogP contribution < -0.4 is 26.1 Å². The first-order valence-corrected chi connectivity index (χ1v) is 14.1. The number of hydrogen-bond acceptors (Lipinski definition) is 5. The molecule has 0 radical (unpaired) electrons. The van der Waals surface area contributed by atoms with Crippen molar-refractivity contribution in [1.29, 1.82) is 0 Å². The van der Waals surface area contributed by atoms with E-state index in [1.54, 1.807) is 12.4 Å². The number of pyridine rings is 3. The molecule has 2 aliphatic rings. The van der Waals surface area contributed by atoms with Crippen LogP contribution in [0.25, 0.3) is 22.5 Å². The molecule has 2 aromatic carbocycles. The van der Waals surface area contributed by atoms with Gasteiger partial charge in [0.1, 0.15) is 23.0 Å². The van der Waals surface area contributed by atoms with Crippen molar-refractivity contribution in [2.24, 2.45) is 0 Å². The molecule has 2 aliphatic heterocycles. The number of nitrogens with zero attached hydrogens (tertiary/aromatic N) is 3. The molecular formula is C35H32BN3O2. The van der Waals surface area contributed by atoms with Gasteiger partial charge in [0.2, 0.25) is 0 Å². The minimum absolute atomic E-state index is 0.191. The van der Waals surface area contributed by atoms with Crippen molar-refractivity contribution in [2.45, 2.75) is 52.4 Å². The average Bonchev–Trinajstić information content (AvgIpc) is 2.96. The maximum Gasteiger partial charge on any atom is 0.307 e. The Kier molecular flexibility index (Phi) is 5.62. The maximum atomic E-state index is 6.67. The molecule has 0 unspecified atom stereocenters. The fourth-order valence-corrected chi connectivity index (χ4v) is 5.84. The summed E-state index contributed by atoms with van der Waals surface area (Å²) >= 11 is 0. The van der Waals surface area contributed by atoms with Crippen LogP contribution in [0, 0.1) is 0 Å². The third-order valence-corrected chi connectivity index (χ3v) is 7.93. The van der Waals surface area contributed by atoms with Gasteiger partial charge in [-0.2, -0.15) is 0 Å². The SMILES string of the molecule is CC(C)(C)c1cc(-c2ccccc2)nc2c1Oc1cncc3c1B2c1nc(-c2ccccc2)cc(C(C)(C)C)c1O3. The molecule has 0 bridgehead atoms. The summed E-state index contributed by atoms with van der Waals surface area (Å²) in [5.74, 6) is 2.95. The Hall–Kier alpha value is -4.45. The van der Waals surface area contributed by atoms with Crippen molar-refractivity contribution >= 4 is 23.4 Å². The lowest BCUT2D eigenvalue weighted by Gasteiger charge is -2.36. The second kappa shape index (κ2) is 9.03. The van der Waals surface area contributed by atoms with Crippen LogP contribution in [0.1, 0.15) is 52.7 Å². The Morgan fingerprint density at radius 2 is 1.00 bits per heavy atom. The van der Waals surface area contributed by atoms with Crippen LogP contribution in [0.15, 0.2) is 85.2 Å². The molecule has 0 saturated carbocycles. The summed E-state index contributed by atoms with van der Waals surface area (Å²) < 4.78 is 13.3. The summed E-state index contributed by atoms with van der Waals surface area (Å²) in [6.45, 7) is 13.0. The van der Waals surface area contributed by atoms with E-state index in [4.69, 9.17) is 19.4 Å². The van der Waals surface area contributed by atoms with E-state index in [0.29, 0.717) is 11.5 Å². The van der Waals surface area contributed by atoms with Crippen LogP contribution in [0.2, 0.25) is 0 Å². The van der Waals surface area contributed by atoms with E-state index in [9.17, 15) is 0 Å². The number of benzene rings is 2. The number of aromatic nitrogens is 3. The van der Waals surface area contributed by atoms with Crippen LogP contribution in [0.5, 0.6) is 23.0 Å². The van der Waals surface area contributed by atoms with Crippen molar-refractivity contribution in [3.8, 4) is 45.5 Å². The summed E-state index contributed by atoms with van der Waals surface area (Å²) in [6.07, 6.45) is 3.57. The highest BCUT2D eigenvalue weighted by atomic mass is 16.5. The lowest BCUT2D eigenvalue weighted by Crippen LogP contribution is -2.60. The lowest BCUT2D eigenvalue weighted by atomic mass is 9.37. The predicted molar refractivity (Wildman–Crippen MR) is 166 cm³/mol. The molecule has 5 aromatic rings. The van der Waals surface area contributed by atoms with Gasteiger partial charge in [-0.25, -0.2) is 0 Å². The van der Waals surface area contributed by atoms with Crippen LogP contribution in [0.3, 0.4) is 0 Å². The van der Waals surface area contributed by atoms with Crippen LogP contribution in [0.4, 0.5) is 0 Å². The molecular weight excluding hydrogens is 505 g/mol. The molecule has 3 aromatic heterocycles. The Balaban J connectivity index is 1.57. The van der Waals surface area contributed by atoms with Crippen molar-refractivity contribution in [3.05, 3.63) is 96.3 Å². The van der Waals surface area contributed by atoms with E-state index in [1.165, 1.54) is 0 Å². The van der Waals surface area contributed by atoms with E-state index in [1.807, 2.05) is 12.1 Å². The third kappa shape index (κ3) is 4.21. The van der Waals surface area contributed by atoms with Gasteiger partial charge < -0.3 is 9.47 Å². The molecule has 0 atom stereocenters. The van der Waals surface area contributed by atoms with Crippen LogP contribution in [-0.4, -0.2) is 21.7 Å². The molecule has 0 spiro atoms. The van der Waals surface area contributed by atoms with Gasteiger partial charge in [0.15, 0.2) is 0 Å². The van der Waals surface area contributed by atoms with Gasteiger partial charge in [-0.05, 0) is 23.0 Å². The summed E-state index contributed by atoms with van der Waals surface area (Å²) in [6, 6.07) is 25.0. The van der Waals surface area contributed by atoms with E-state index in [2.05, 4.69) is 107 Å². The summed E-state index contributed by atoms with van der Waals surface area (Å²) in [5, 5.41) is 0. The minimum atomic E-state index is -0.273. The molecule has 202 valence electrons. The quantitative estimate of drug-likeness (QED) is 0.235. The summed E-state index contributed by atoms with van der Waals surface area (Å²) in [7, 11) is 0. The average molecular weight is 537 g/mol. The second-order valence-electron chi connectivity index (χ2n) is 13.0. The van der Waals surface area contributed by atoms with E-state index < -0.39 is 0 Å². The first kappa shape index (κ1) is 25.5. The summed E-state index contributed by atoms with van der Waals surface area (Å²) in [4.78, 5) is 15.2. The van der Waals surface area contributed by atoms with E-state index >= 15 is 0 Å². The topological polar surface area (TPSA) is 57.1 Å². The standard InChI is InChI=1S/C35H32BN3O2/c1-34(2,3)23-17-25(21-13-9-7-10-14-21)38-32-30(23)40-27-19-37-20-28-29(27)36(32)33-31(41-28)24(35(4,5)6)18-26(39-33)22-15-11-8-12-16-22/h7-20H,1-6H3. The molecule has 0 saturated heterocycles. The highest BCUT2D eigenvalue weighted by molar-refractivity contribution is 6.97. The molecule has 5 nitrogen and oxygen atoms in total. The summed E-state index contributed by atoms with van der Waals surface area (Å²) in [5.41, 5.74) is 8.42. The van der Waals surface area contributed by atoms with Crippen molar-refractivity contribution < 1.29 is 9.47 Å². The fraction of sp³-hybridized carbons (Fsp3) is 0.229. The van der Waals surface area contributed by atoms with Gasteiger partial charge in [0.25, 0.3) is 0 Å². The van der Waals surface area contributed by atoms with Gasteiger partial charge >= 0.3 is 6.71 Å². The Labute approximate surface area is 241 Å². The van der Waals surface area contributed by atoms with Gasteiger partial charge in [0, 0.05) is 27.7 Å². The van der Waals surface area contributed by atoms with E-state index in [-0.39, 0.29) is 17.5 Å². The van der Waals surface area contributed by atoms with Gasteiger partial charge in [-0.1, -0.05) is 102 Å². The molecule has 7 rings (SSSR count). The zero-order valence-corrected chi connectivity index (χ0v) is 24.3. The molecule has 0 aliphatic carbocycles. The van der Waals surface area contributed by atoms with E-state index in [0.717, 1.165) is 61.8 Å². The zero-order valence-electron chi connectivity index (χ0n) is 24.3. The van der Waals surface area contributed by atoms with Crippen LogP contribution >= 0.6 is 0 Å². The molecule has 5 heterocycles. The Bertz CT molecular complexity index is 1680. The highest BCUT2D eigenvalue weighted by Gasteiger charge is 2.46. The lowest BCUT2D eigenvalue weighted by molar-refractivity contribution is 0.435. The number of ether oxygens (including phenoxy) is 2. The third-order valence-electron chi connectivity index (χ3n) is 7.93. The maximum absolute atomic E-state index is 6.67. The van der Waals surface area contributed by atoms with Crippen LogP contribution in [-0.2, 0) is 10.8 Å². The smallest absolute Gasteiger partial charge is 0.307 e. The second-order valence-corrected chi connectivity index (χ2v) is 13.0. The van der Waals surface area contributed by atoms with Gasteiger partial charge in [-0.15, -0.1) is 0 Å². The zero-order chi connectivity index (χ0) is 28.5. The fourth-order valence-electron chi connectivity index (χ4n) is 5.84. The van der Waals surface area contributed by atoms with Gasteiger partial charge in [0.05, 0.1) is 35.0 Å².